The van der Waals surface area contributed by atoms with Crippen molar-refractivity contribution in [2.45, 2.75) is 19.4 Å². The van der Waals surface area contributed by atoms with Gasteiger partial charge >= 0.3 is 0 Å². The van der Waals surface area contributed by atoms with Crippen molar-refractivity contribution < 1.29 is 13.6 Å². The Morgan fingerprint density at radius 2 is 2.12 bits per heavy atom. The van der Waals surface area contributed by atoms with Crippen LogP contribution in [-0.4, -0.2) is 10.4 Å². The normalized spacial score (nSPS) is 12.8. The first-order valence-corrected chi connectivity index (χ1v) is 8.07. The third kappa shape index (κ3) is 2.69. The van der Waals surface area contributed by atoms with Crippen molar-refractivity contribution in [2.75, 3.05) is 5.32 Å². The van der Waals surface area contributed by atoms with Crippen LogP contribution in [-0.2, 0) is 13.0 Å². The molecule has 0 unspecified atom stereocenters. The Hall–Kier alpha value is -2.28. The first-order chi connectivity index (χ1) is 11.4. The molecule has 0 fully saturated rings. The topological polar surface area (TPSA) is 51.1 Å². The van der Waals surface area contributed by atoms with Gasteiger partial charge in [-0.05, 0) is 37.1 Å². The second-order valence-corrected chi connectivity index (χ2v) is 6.30. The number of hydrogen-bond donors (Lipinski definition) is 1. The number of hydrogen-bond acceptors (Lipinski definition) is 3. The molecular formula is C17H13BrF2N2O2. The molecule has 2 heterocycles. The summed E-state index contributed by atoms with van der Waals surface area (Å²) in [4.78, 5) is 24.4. The minimum atomic E-state index is -1.10. The second kappa shape index (κ2) is 6.32. The first-order valence-electron chi connectivity index (χ1n) is 7.28. The number of nitrogens with zero attached hydrogens (tertiary/aromatic N) is 1. The third-order valence-electron chi connectivity index (χ3n) is 3.93. The summed E-state index contributed by atoms with van der Waals surface area (Å²) >= 11 is 3.13. The van der Waals surface area contributed by atoms with E-state index in [9.17, 15) is 18.4 Å². The van der Waals surface area contributed by atoms with Gasteiger partial charge in [-0.3, -0.25) is 9.59 Å². The highest BCUT2D eigenvalue weighted by Crippen LogP contribution is 2.31. The lowest BCUT2D eigenvalue weighted by Crippen LogP contribution is -2.27. The van der Waals surface area contributed by atoms with Crippen LogP contribution < -0.4 is 10.9 Å². The minimum Gasteiger partial charge on any atom is -0.350 e. The number of anilines is 2. The summed E-state index contributed by atoms with van der Waals surface area (Å²) in [5.41, 5.74) is -0.673. The number of ketones is 1. The lowest BCUT2D eigenvalue weighted by atomic mass is 10.0. The predicted octanol–water partition coefficient (Wildman–Crippen LogP) is 3.95. The van der Waals surface area contributed by atoms with Crippen molar-refractivity contribution in [1.29, 1.82) is 0 Å². The third-order valence-corrected chi connectivity index (χ3v) is 4.43. The van der Waals surface area contributed by atoms with E-state index in [0.717, 1.165) is 6.08 Å². The maximum atomic E-state index is 14.6. The van der Waals surface area contributed by atoms with Crippen molar-refractivity contribution in [3.8, 4) is 0 Å². The quantitative estimate of drug-likeness (QED) is 0.630. The van der Waals surface area contributed by atoms with Gasteiger partial charge in [0.25, 0.3) is 5.56 Å². The molecule has 1 N–H and O–H groups in total. The molecule has 4 nitrogen and oxygen atoms in total. The molecule has 0 radical (unpaired) electrons. The fraction of sp³-hybridized carbons (Fsp3) is 0.176. The highest BCUT2D eigenvalue weighted by Gasteiger charge is 2.28. The Bertz CT molecular complexity index is 922. The van der Waals surface area contributed by atoms with Crippen LogP contribution in [0.5, 0.6) is 0 Å². The number of carbonyl (C=O) groups is 1. The van der Waals surface area contributed by atoms with Crippen LogP contribution in [0.25, 0.3) is 0 Å². The van der Waals surface area contributed by atoms with E-state index < -0.39 is 23.0 Å². The van der Waals surface area contributed by atoms with Gasteiger partial charge in [-0.25, -0.2) is 4.39 Å². The van der Waals surface area contributed by atoms with E-state index >= 15 is 0 Å². The molecule has 0 aliphatic carbocycles. The summed E-state index contributed by atoms with van der Waals surface area (Å²) in [6.07, 6.45) is 2.17. The van der Waals surface area contributed by atoms with Gasteiger partial charge in [-0.1, -0.05) is 22.5 Å². The Kier molecular flexibility index (Phi) is 4.36. The van der Waals surface area contributed by atoms with Gasteiger partial charge in [0, 0.05) is 16.7 Å². The molecule has 1 aliphatic rings. The zero-order valence-electron chi connectivity index (χ0n) is 12.5. The Balaban J connectivity index is 2.23. The summed E-state index contributed by atoms with van der Waals surface area (Å²) in [6, 6.07) is 4.17. The number of benzene rings is 1. The minimum absolute atomic E-state index is 0.0296. The smallest absolute Gasteiger partial charge is 0.289 e. The van der Waals surface area contributed by atoms with Gasteiger partial charge in [0.15, 0.2) is 5.78 Å². The molecule has 3 rings (SSSR count). The van der Waals surface area contributed by atoms with Crippen molar-refractivity contribution in [1.82, 2.24) is 4.57 Å². The van der Waals surface area contributed by atoms with E-state index in [1.807, 2.05) is 0 Å². The molecule has 0 amide bonds. The Morgan fingerprint density at radius 1 is 1.38 bits per heavy atom. The number of pyridine rings is 1. The van der Waals surface area contributed by atoms with E-state index in [1.165, 1.54) is 16.7 Å². The lowest BCUT2D eigenvalue weighted by molar-refractivity contribution is 0.104. The van der Waals surface area contributed by atoms with E-state index in [-0.39, 0.29) is 16.9 Å². The summed E-state index contributed by atoms with van der Waals surface area (Å²) in [7, 11) is 0. The molecule has 24 heavy (non-hydrogen) atoms. The molecular weight excluding hydrogens is 382 g/mol. The predicted molar refractivity (Wildman–Crippen MR) is 90.9 cm³/mol. The van der Waals surface area contributed by atoms with Gasteiger partial charge in [-0.15, -0.1) is 0 Å². The van der Waals surface area contributed by atoms with Crippen LogP contribution in [0.3, 0.4) is 0 Å². The van der Waals surface area contributed by atoms with Crippen LogP contribution in [0, 0.1) is 11.6 Å². The highest BCUT2D eigenvalue weighted by molar-refractivity contribution is 9.10. The zero-order valence-corrected chi connectivity index (χ0v) is 14.1. The molecule has 0 saturated heterocycles. The summed E-state index contributed by atoms with van der Waals surface area (Å²) < 4.78 is 30.4. The summed E-state index contributed by atoms with van der Waals surface area (Å²) in [5.74, 6) is -2.26. The number of allylic oxidation sites excluding steroid dienone is 1. The van der Waals surface area contributed by atoms with Crippen LogP contribution in [0.2, 0.25) is 0 Å². The Labute approximate surface area is 144 Å². The summed E-state index contributed by atoms with van der Waals surface area (Å²) in [5, 5.41) is 2.57. The van der Waals surface area contributed by atoms with Crippen LogP contribution >= 0.6 is 15.9 Å². The fourth-order valence-corrected chi connectivity index (χ4v) is 3.18. The molecule has 124 valence electrons. The van der Waals surface area contributed by atoms with Crippen LogP contribution in [0.15, 0.2) is 40.1 Å². The maximum absolute atomic E-state index is 14.6. The van der Waals surface area contributed by atoms with Gasteiger partial charge < -0.3 is 9.88 Å². The van der Waals surface area contributed by atoms with Crippen LogP contribution in [0.4, 0.5) is 20.2 Å². The zero-order chi connectivity index (χ0) is 17.4. The fourth-order valence-electron chi connectivity index (χ4n) is 2.85. The molecule has 0 saturated carbocycles. The lowest BCUT2D eigenvalue weighted by Gasteiger charge is -2.16. The monoisotopic (exact) mass is 394 g/mol. The molecule has 1 aliphatic heterocycles. The van der Waals surface area contributed by atoms with Gasteiger partial charge in [0.1, 0.15) is 5.82 Å². The largest absolute Gasteiger partial charge is 0.350 e. The number of carbonyl (C=O) groups excluding carboxylic acids is 1. The van der Waals surface area contributed by atoms with Gasteiger partial charge in [-0.2, -0.15) is 4.39 Å². The second-order valence-electron chi connectivity index (χ2n) is 5.39. The average Bonchev–Trinajstić information content (AvgIpc) is 3.03. The van der Waals surface area contributed by atoms with Crippen molar-refractivity contribution >= 4 is 33.1 Å². The molecule has 1 aromatic carbocycles. The highest BCUT2D eigenvalue weighted by atomic mass is 79.9. The van der Waals surface area contributed by atoms with E-state index in [2.05, 4.69) is 27.8 Å². The molecule has 0 bridgehead atoms. The van der Waals surface area contributed by atoms with E-state index in [0.29, 0.717) is 29.6 Å². The van der Waals surface area contributed by atoms with Gasteiger partial charge in [0.05, 0.1) is 16.9 Å². The van der Waals surface area contributed by atoms with Gasteiger partial charge in [0.2, 0.25) is 5.82 Å². The average molecular weight is 395 g/mol. The van der Waals surface area contributed by atoms with Crippen LogP contribution in [0.1, 0.15) is 22.5 Å². The standard InChI is InChI=1S/C17H13BrF2N2O2/c1-2-13(23)14-12-4-3-7-22(12)17(24)15(20)16(14)21-11-6-5-9(18)8-10(11)19/h2,5-6,8,21H,1,3-4,7H2. The number of nitrogens with one attached hydrogen (secondary N) is 1. The first kappa shape index (κ1) is 16.6. The van der Waals surface area contributed by atoms with Crippen molar-refractivity contribution in [3.05, 3.63) is 68.6 Å². The number of fused-ring (bicyclic) bond motifs is 1. The molecule has 0 spiro atoms. The number of aromatic nitrogens is 1. The molecule has 2 aromatic rings. The number of halogens is 3. The molecule has 0 atom stereocenters. The van der Waals surface area contributed by atoms with E-state index in [1.54, 1.807) is 6.07 Å². The van der Waals surface area contributed by atoms with Crippen molar-refractivity contribution in [2.24, 2.45) is 0 Å². The molecule has 1 aromatic heterocycles. The summed E-state index contributed by atoms with van der Waals surface area (Å²) in [6.45, 7) is 3.78. The SMILES string of the molecule is C=CC(=O)c1c(Nc2ccc(Br)cc2F)c(F)c(=O)n2c1CCC2. The van der Waals surface area contributed by atoms with Crippen molar-refractivity contribution in [3.63, 3.8) is 0 Å². The Morgan fingerprint density at radius 3 is 2.79 bits per heavy atom. The maximum Gasteiger partial charge on any atom is 0.289 e. The molecule has 7 heteroatoms. The van der Waals surface area contributed by atoms with E-state index in [4.69, 9.17) is 0 Å². The number of rotatable bonds is 4.